The Labute approximate surface area is 117 Å². The van der Waals surface area contributed by atoms with Gasteiger partial charge < -0.3 is 10.1 Å². The summed E-state index contributed by atoms with van der Waals surface area (Å²) in [4.78, 5) is 0. The molecule has 0 aliphatic heterocycles. The fourth-order valence-corrected chi connectivity index (χ4v) is 1.89. The fraction of sp³-hybridized carbons (Fsp3) is 0.538. The van der Waals surface area contributed by atoms with Crippen molar-refractivity contribution in [1.29, 1.82) is 0 Å². The summed E-state index contributed by atoms with van der Waals surface area (Å²) in [6, 6.07) is 5.96. The van der Waals surface area contributed by atoms with Gasteiger partial charge in [0.2, 0.25) is 0 Å². The molecule has 0 spiro atoms. The highest BCUT2D eigenvalue weighted by Gasteiger charge is 2.09. The zero-order valence-electron chi connectivity index (χ0n) is 10.5. The summed E-state index contributed by atoms with van der Waals surface area (Å²) in [5.41, 5.74) is 1.18. The molecule has 2 nitrogen and oxygen atoms in total. The average Bonchev–Trinajstić information content (AvgIpc) is 2.31. The van der Waals surface area contributed by atoms with E-state index < -0.39 is 0 Å². The minimum Gasteiger partial charge on any atom is -0.497 e. The number of nitrogens with one attached hydrogen (secondary N) is 1. The van der Waals surface area contributed by atoms with Crippen LogP contribution in [0.25, 0.3) is 0 Å². The number of benzene rings is 1. The lowest BCUT2D eigenvalue weighted by Gasteiger charge is -2.15. The summed E-state index contributed by atoms with van der Waals surface area (Å²) in [7, 11) is 1.67. The van der Waals surface area contributed by atoms with Gasteiger partial charge in [-0.1, -0.05) is 29.8 Å². The number of ether oxygens (including phenoxy) is 1. The molecule has 96 valence electrons. The van der Waals surface area contributed by atoms with Crippen molar-refractivity contribution in [3.63, 3.8) is 0 Å². The Morgan fingerprint density at radius 2 is 2.12 bits per heavy atom. The van der Waals surface area contributed by atoms with Gasteiger partial charge >= 0.3 is 0 Å². The van der Waals surface area contributed by atoms with Crippen molar-refractivity contribution < 1.29 is 4.74 Å². The molecule has 0 aliphatic carbocycles. The highest BCUT2D eigenvalue weighted by molar-refractivity contribution is 9.10. The first-order chi connectivity index (χ1) is 8.04. The Kier molecular flexibility index (Phi) is 6.31. The molecular weight excluding hydrogens is 302 g/mol. The fourth-order valence-electron chi connectivity index (χ4n) is 1.39. The van der Waals surface area contributed by atoms with Crippen LogP contribution in [-0.4, -0.2) is 19.0 Å². The van der Waals surface area contributed by atoms with E-state index in [4.69, 9.17) is 16.3 Å². The summed E-state index contributed by atoms with van der Waals surface area (Å²) < 4.78 is 6.29. The highest BCUT2D eigenvalue weighted by Crippen LogP contribution is 2.22. The standard InChI is InChI=1S/C13H19BrClNO/c1-9(2)13(15)8-16-7-10-6-11(17-3)4-5-12(10)14/h4-6,9,13,16H,7-8H2,1-3H3. The average molecular weight is 321 g/mol. The molecule has 0 heterocycles. The number of halogens is 2. The second-order valence-corrected chi connectivity index (χ2v) is 5.76. The van der Waals surface area contributed by atoms with Crippen LogP contribution in [0.3, 0.4) is 0 Å². The lowest BCUT2D eigenvalue weighted by Crippen LogP contribution is -2.26. The molecule has 0 amide bonds. The van der Waals surface area contributed by atoms with Crippen LogP contribution < -0.4 is 10.1 Å². The first-order valence-corrected chi connectivity index (χ1v) is 6.94. The van der Waals surface area contributed by atoms with E-state index >= 15 is 0 Å². The number of methoxy groups -OCH3 is 1. The van der Waals surface area contributed by atoms with Crippen LogP contribution in [0.5, 0.6) is 5.75 Å². The topological polar surface area (TPSA) is 21.3 Å². The van der Waals surface area contributed by atoms with Gasteiger partial charge in [0, 0.05) is 22.9 Å². The molecule has 1 aromatic rings. The smallest absolute Gasteiger partial charge is 0.119 e. The molecule has 0 aliphatic rings. The van der Waals surface area contributed by atoms with E-state index in [9.17, 15) is 0 Å². The highest BCUT2D eigenvalue weighted by atomic mass is 79.9. The first-order valence-electron chi connectivity index (χ1n) is 5.71. The van der Waals surface area contributed by atoms with E-state index in [2.05, 4.69) is 35.1 Å². The minimum absolute atomic E-state index is 0.166. The molecular formula is C13H19BrClNO. The van der Waals surface area contributed by atoms with Crippen molar-refractivity contribution >= 4 is 27.5 Å². The van der Waals surface area contributed by atoms with Crippen LogP contribution in [0, 0.1) is 5.92 Å². The zero-order valence-corrected chi connectivity index (χ0v) is 12.8. The van der Waals surface area contributed by atoms with E-state index in [-0.39, 0.29) is 5.38 Å². The lowest BCUT2D eigenvalue weighted by molar-refractivity contribution is 0.414. The Balaban J connectivity index is 2.51. The molecule has 4 heteroatoms. The summed E-state index contributed by atoms with van der Waals surface area (Å²) >= 11 is 9.71. The van der Waals surface area contributed by atoms with Gasteiger partial charge in [0.05, 0.1) is 7.11 Å². The molecule has 0 bridgehead atoms. The second kappa shape index (κ2) is 7.24. The summed E-state index contributed by atoms with van der Waals surface area (Å²) in [6.07, 6.45) is 0. The maximum atomic E-state index is 6.18. The molecule has 1 N–H and O–H groups in total. The monoisotopic (exact) mass is 319 g/mol. The van der Waals surface area contributed by atoms with E-state index in [1.165, 1.54) is 5.56 Å². The van der Waals surface area contributed by atoms with Crippen LogP contribution in [0.2, 0.25) is 0 Å². The quantitative estimate of drug-likeness (QED) is 0.805. The molecule has 1 atom stereocenters. The van der Waals surface area contributed by atoms with Crippen molar-refractivity contribution in [2.24, 2.45) is 5.92 Å². The Bertz CT molecular complexity index is 357. The number of hydrogen-bond donors (Lipinski definition) is 1. The molecule has 0 aromatic heterocycles. The second-order valence-electron chi connectivity index (χ2n) is 4.35. The van der Waals surface area contributed by atoms with E-state index in [0.29, 0.717) is 5.92 Å². The molecule has 17 heavy (non-hydrogen) atoms. The molecule has 0 saturated carbocycles. The summed E-state index contributed by atoms with van der Waals surface area (Å²) in [5.74, 6) is 1.36. The van der Waals surface area contributed by atoms with Gasteiger partial charge in [-0.2, -0.15) is 0 Å². The minimum atomic E-state index is 0.166. The molecule has 0 fully saturated rings. The third-order valence-electron chi connectivity index (χ3n) is 2.63. The van der Waals surface area contributed by atoms with Gasteiger partial charge in [-0.15, -0.1) is 11.6 Å². The summed E-state index contributed by atoms with van der Waals surface area (Å²) in [6.45, 7) is 5.85. The van der Waals surface area contributed by atoms with E-state index in [1.807, 2.05) is 18.2 Å². The molecule has 0 saturated heterocycles. The van der Waals surface area contributed by atoms with Gasteiger partial charge in [0.25, 0.3) is 0 Å². The Hall–Kier alpha value is -0.250. The predicted octanol–water partition coefficient (Wildman–Crippen LogP) is 3.81. The largest absolute Gasteiger partial charge is 0.497 e. The Morgan fingerprint density at radius 1 is 1.41 bits per heavy atom. The van der Waals surface area contributed by atoms with Crippen molar-refractivity contribution in [2.45, 2.75) is 25.8 Å². The van der Waals surface area contributed by atoms with Gasteiger partial charge in [-0.05, 0) is 29.7 Å². The van der Waals surface area contributed by atoms with Gasteiger partial charge in [0.15, 0.2) is 0 Å². The van der Waals surface area contributed by atoms with Crippen molar-refractivity contribution in [1.82, 2.24) is 5.32 Å². The van der Waals surface area contributed by atoms with E-state index in [1.54, 1.807) is 7.11 Å². The molecule has 1 unspecified atom stereocenters. The van der Waals surface area contributed by atoms with Crippen LogP contribution in [0.15, 0.2) is 22.7 Å². The van der Waals surface area contributed by atoms with Crippen molar-refractivity contribution in [3.05, 3.63) is 28.2 Å². The molecule has 1 aromatic carbocycles. The van der Waals surface area contributed by atoms with Crippen LogP contribution >= 0.6 is 27.5 Å². The van der Waals surface area contributed by atoms with Crippen molar-refractivity contribution in [3.8, 4) is 5.75 Å². The molecule has 0 radical (unpaired) electrons. The maximum absolute atomic E-state index is 6.18. The third-order valence-corrected chi connectivity index (χ3v) is 4.06. The molecule has 1 rings (SSSR count). The number of hydrogen-bond acceptors (Lipinski definition) is 2. The maximum Gasteiger partial charge on any atom is 0.119 e. The third kappa shape index (κ3) is 4.86. The first kappa shape index (κ1) is 14.8. The number of alkyl halides is 1. The zero-order chi connectivity index (χ0) is 12.8. The van der Waals surface area contributed by atoms with Crippen LogP contribution in [-0.2, 0) is 6.54 Å². The summed E-state index contributed by atoms with van der Waals surface area (Å²) in [5, 5.41) is 3.52. The van der Waals surface area contributed by atoms with Gasteiger partial charge in [0.1, 0.15) is 5.75 Å². The lowest BCUT2D eigenvalue weighted by atomic mass is 10.1. The van der Waals surface area contributed by atoms with Crippen LogP contribution in [0.1, 0.15) is 19.4 Å². The Morgan fingerprint density at radius 3 is 2.71 bits per heavy atom. The van der Waals surface area contributed by atoms with E-state index in [0.717, 1.165) is 23.3 Å². The van der Waals surface area contributed by atoms with Crippen LogP contribution in [0.4, 0.5) is 0 Å². The number of rotatable bonds is 6. The predicted molar refractivity (Wildman–Crippen MR) is 76.9 cm³/mol. The van der Waals surface area contributed by atoms with Gasteiger partial charge in [-0.25, -0.2) is 0 Å². The normalized spacial score (nSPS) is 12.8. The van der Waals surface area contributed by atoms with Gasteiger partial charge in [-0.3, -0.25) is 0 Å². The van der Waals surface area contributed by atoms with Crippen molar-refractivity contribution in [2.75, 3.05) is 13.7 Å². The SMILES string of the molecule is COc1ccc(Br)c(CNCC(Cl)C(C)C)c1.